The Balaban J connectivity index is 3.36. The average molecular weight is 455 g/mol. The highest BCUT2D eigenvalue weighted by atomic mass is 16.5. The Morgan fingerprint density at radius 3 is 1.56 bits per heavy atom. The Kier molecular flexibility index (Phi) is 23.8. The highest BCUT2D eigenvalue weighted by Gasteiger charge is 2.09. The van der Waals surface area contributed by atoms with Crippen LogP contribution < -0.4 is 0 Å². The van der Waals surface area contributed by atoms with Gasteiger partial charge in [0.1, 0.15) is 0 Å². The van der Waals surface area contributed by atoms with Crippen LogP contribution >= 0.6 is 0 Å². The molecule has 0 radical (unpaired) electrons. The molecule has 0 aromatic heterocycles. The van der Waals surface area contributed by atoms with Crippen molar-refractivity contribution in [1.82, 2.24) is 0 Å². The van der Waals surface area contributed by atoms with Crippen LogP contribution in [0.5, 0.6) is 0 Å². The third-order valence-corrected chi connectivity index (χ3v) is 6.30. The third kappa shape index (κ3) is 22.1. The molecular weight excluding hydrogens is 400 g/mol. The van der Waals surface area contributed by atoms with E-state index in [2.05, 4.69) is 20.8 Å². The fourth-order valence-electron chi connectivity index (χ4n) is 3.92. The van der Waals surface area contributed by atoms with Crippen molar-refractivity contribution in [2.75, 3.05) is 13.2 Å². The van der Waals surface area contributed by atoms with Gasteiger partial charge in [-0.05, 0) is 31.6 Å². The summed E-state index contributed by atoms with van der Waals surface area (Å²) >= 11 is 0. The second kappa shape index (κ2) is 24.6. The fourth-order valence-corrected chi connectivity index (χ4v) is 3.92. The molecule has 190 valence electrons. The van der Waals surface area contributed by atoms with Gasteiger partial charge in [-0.15, -0.1) is 0 Å². The zero-order valence-electron chi connectivity index (χ0n) is 21.8. The van der Waals surface area contributed by atoms with Crippen LogP contribution in [0.15, 0.2) is 0 Å². The van der Waals surface area contributed by atoms with E-state index in [1.54, 1.807) is 0 Å². The van der Waals surface area contributed by atoms with Gasteiger partial charge in [0.05, 0.1) is 13.2 Å². The van der Waals surface area contributed by atoms with E-state index in [0.717, 1.165) is 38.5 Å². The van der Waals surface area contributed by atoms with Gasteiger partial charge in [-0.1, -0.05) is 111 Å². The molecule has 1 unspecified atom stereocenters. The summed E-state index contributed by atoms with van der Waals surface area (Å²) in [5.41, 5.74) is 0. The Labute approximate surface area is 199 Å². The summed E-state index contributed by atoms with van der Waals surface area (Å²) in [5.74, 6) is 0.477. The quantitative estimate of drug-likeness (QED) is 0.108. The number of carbonyl (C=O) groups excluding carboxylic acids is 2. The van der Waals surface area contributed by atoms with Gasteiger partial charge in [0.2, 0.25) is 0 Å². The summed E-state index contributed by atoms with van der Waals surface area (Å²) in [7, 11) is 0. The molecule has 0 amide bonds. The molecule has 0 fully saturated rings. The predicted octanol–water partition coefficient (Wildman–Crippen LogP) is 8.55. The normalized spacial score (nSPS) is 12.0. The van der Waals surface area contributed by atoms with Crippen LogP contribution in [-0.2, 0) is 19.1 Å². The first-order valence-corrected chi connectivity index (χ1v) is 13.9. The summed E-state index contributed by atoms with van der Waals surface area (Å²) in [6.07, 6.45) is 22.0. The summed E-state index contributed by atoms with van der Waals surface area (Å²) in [4.78, 5) is 23.6. The third-order valence-electron chi connectivity index (χ3n) is 6.30. The van der Waals surface area contributed by atoms with Gasteiger partial charge in [0.15, 0.2) is 0 Å². The number of hydrogen-bond donors (Lipinski definition) is 0. The second-order valence-electron chi connectivity index (χ2n) is 9.42. The van der Waals surface area contributed by atoms with E-state index in [0.29, 0.717) is 32.0 Å². The van der Waals surface area contributed by atoms with Gasteiger partial charge in [0.25, 0.3) is 0 Å². The topological polar surface area (TPSA) is 52.6 Å². The lowest BCUT2D eigenvalue weighted by Crippen LogP contribution is -2.13. The van der Waals surface area contributed by atoms with Crippen LogP contribution in [-0.4, -0.2) is 25.2 Å². The van der Waals surface area contributed by atoms with Crippen molar-refractivity contribution >= 4 is 11.9 Å². The number of rotatable bonds is 24. The van der Waals surface area contributed by atoms with E-state index >= 15 is 0 Å². The highest BCUT2D eigenvalue weighted by Crippen LogP contribution is 2.14. The van der Waals surface area contributed by atoms with E-state index in [1.165, 1.54) is 77.0 Å². The molecule has 0 saturated carbocycles. The lowest BCUT2D eigenvalue weighted by molar-refractivity contribution is -0.145. The van der Waals surface area contributed by atoms with E-state index in [1.807, 2.05) is 0 Å². The van der Waals surface area contributed by atoms with Gasteiger partial charge < -0.3 is 9.47 Å². The molecule has 0 aromatic rings. The van der Waals surface area contributed by atoms with Crippen molar-refractivity contribution in [3.8, 4) is 0 Å². The first-order chi connectivity index (χ1) is 15.6. The molecule has 0 heterocycles. The molecule has 1 atom stereocenters. The van der Waals surface area contributed by atoms with Gasteiger partial charge in [-0.3, -0.25) is 9.59 Å². The standard InChI is InChI=1S/C28H54O4/c1-4-7-9-10-17-20-24-31-27(29)22-18-15-13-11-12-14-16-19-23-28(30)32-25-26(6-3)21-8-5-2/h26H,4-25H2,1-3H3. The Bertz CT molecular complexity index is 422. The second-order valence-corrected chi connectivity index (χ2v) is 9.42. The van der Waals surface area contributed by atoms with E-state index in [9.17, 15) is 9.59 Å². The number of unbranched alkanes of at least 4 members (excludes halogenated alkanes) is 13. The van der Waals surface area contributed by atoms with Gasteiger partial charge in [-0.25, -0.2) is 0 Å². The van der Waals surface area contributed by atoms with Crippen molar-refractivity contribution in [3.05, 3.63) is 0 Å². The van der Waals surface area contributed by atoms with Crippen LogP contribution in [0.1, 0.15) is 149 Å². The fraction of sp³-hybridized carbons (Fsp3) is 0.929. The van der Waals surface area contributed by atoms with Crippen molar-refractivity contribution in [3.63, 3.8) is 0 Å². The molecule has 4 heteroatoms. The first kappa shape index (κ1) is 30.9. The molecule has 0 saturated heterocycles. The zero-order chi connectivity index (χ0) is 23.7. The summed E-state index contributed by atoms with van der Waals surface area (Å²) in [5, 5.41) is 0. The van der Waals surface area contributed by atoms with Crippen LogP contribution in [0, 0.1) is 5.92 Å². The number of ether oxygens (including phenoxy) is 2. The molecule has 0 aliphatic carbocycles. The van der Waals surface area contributed by atoms with Crippen molar-refractivity contribution < 1.29 is 19.1 Å². The van der Waals surface area contributed by atoms with Crippen molar-refractivity contribution in [1.29, 1.82) is 0 Å². The molecule has 4 nitrogen and oxygen atoms in total. The molecule has 0 rings (SSSR count). The zero-order valence-corrected chi connectivity index (χ0v) is 21.8. The molecular formula is C28H54O4. The van der Waals surface area contributed by atoms with Crippen LogP contribution in [0.2, 0.25) is 0 Å². The highest BCUT2D eigenvalue weighted by molar-refractivity contribution is 5.69. The van der Waals surface area contributed by atoms with Crippen molar-refractivity contribution in [2.24, 2.45) is 5.92 Å². The SMILES string of the molecule is CCCCCCCCOC(=O)CCCCCCCCCCC(=O)OCC(CC)CCCC. The lowest BCUT2D eigenvalue weighted by atomic mass is 10.0. The molecule has 0 bridgehead atoms. The largest absolute Gasteiger partial charge is 0.466 e. The van der Waals surface area contributed by atoms with Crippen LogP contribution in [0.3, 0.4) is 0 Å². The van der Waals surface area contributed by atoms with E-state index < -0.39 is 0 Å². The lowest BCUT2D eigenvalue weighted by Gasteiger charge is -2.14. The molecule has 0 spiro atoms. The molecule has 32 heavy (non-hydrogen) atoms. The molecule has 0 N–H and O–H groups in total. The number of hydrogen-bond acceptors (Lipinski definition) is 4. The molecule has 0 aliphatic heterocycles. The Morgan fingerprint density at radius 2 is 1.03 bits per heavy atom. The monoisotopic (exact) mass is 454 g/mol. The summed E-state index contributed by atoms with van der Waals surface area (Å²) < 4.78 is 10.8. The molecule has 0 aliphatic rings. The predicted molar refractivity (Wildman–Crippen MR) is 135 cm³/mol. The maximum absolute atomic E-state index is 11.9. The number of esters is 2. The maximum Gasteiger partial charge on any atom is 0.305 e. The summed E-state index contributed by atoms with van der Waals surface area (Å²) in [6, 6.07) is 0. The first-order valence-electron chi connectivity index (χ1n) is 13.9. The molecule has 0 aromatic carbocycles. The number of carbonyl (C=O) groups is 2. The Morgan fingerprint density at radius 1 is 0.562 bits per heavy atom. The smallest absolute Gasteiger partial charge is 0.305 e. The van der Waals surface area contributed by atoms with Crippen molar-refractivity contribution in [2.45, 2.75) is 149 Å². The van der Waals surface area contributed by atoms with Gasteiger partial charge in [0, 0.05) is 12.8 Å². The van der Waals surface area contributed by atoms with E-state index in [4.69, 9.17) is 9.47 Å². The van der Waals surface area contributed by atoms with Gasteiger partial charge >= 0.3 is 11.9 Å². The minimum atomic E-state index is -0.0268. The van der Waals surface area contributed by atoms with Gasteiger partial charge in [-0.2, -0.15) is 0 Å². The minimum Gasteiger partial charge on any atom is -0.466 e. The Hall–Kier alpha value is -1.06. The maximum atomic E-state index is 11.9. The summed E-state index contributed by atoms with van der Waals surface area (Å²) in [6.45, 7) is 7.80. The minimum absolute atomic E-state index is 0.0247. The van der Waals surface area contributed by atoms with E-state index in [-0.39, 0.29) is 11.9 Å². The van der Waals surface area contributed by atoms with Crippen LogP contribution in [0.25, 0.3) is 0 Å². The average Bonchev–Trinajstić information content (AvgIpc) is 2.79. The van der Waals surface area contributed by atoms with Crippen LogP contribution in [0.4, 0.5) is 0 Å².